The lowest BCUT2D eigenvalue weighted by molar-refractivity contribution is -0.121. The molecule has 2 aliphatic heterocycles. The molecule has 120 valence electrons. The topological polar surface area (TPSA) is 71.0 Å². The molecule has 1 unspecified atom stereocenters. The number of likely N-dealkylation sites (tertiary alicyclic amines) is 1. The molecule has 22 heavy (non-hydrogen) atoms. The number of benzene rings is 1. The summed E-state index contributed by atoms with van der Waals surface area (Å²) in [6, 6.07) is 5.20. The number of fused-ring (bicyclic) bond motifs is 1. The van der Waals surface area contributed by atoms with Gasteiger partial charge in [0.2, 0.25) is 5.91 Å². The highest BCUT2D eigenvalue weighted by Gasteiger charge is 2.26. The van der Waals surface area contributed by atoms with Gasteiger partial charge in [0.05, 0.1) is 12.1 Å². The van der Waals surface area contributed by atoms with Crippen molar-refractivity contribution in [1.82, 2.24) is 4.90 Å². The second-order valence-electron chi connectivity index (χ2n) is 5.79. The Morgan fingerprint density at radius 1 is 1.27 bits per heavy atom. The zero-order chi connectivity index (χ0) is 15.5. The maximum atomic E-state index is 12.4. The number of nitrogens with zero attached hydrogens (tertiary/aromatic N) is 1. The van der Waals surface area contributed by atoms with E-state index in [1.54, 1.807) is 6.07 Å². The van der Waals surface area contributed by atoms with Gasteiger partial charge in [-0.2, -0.15) is 0 Å². The molecule has 2 N–H and O–H groups in total. The first kappa shape index (κ1) is 15.1. The monoisotopic (exact) mass is 306 g/mol. The third-order valence-electron chi connectivity index (χ3n) is 4.24. The summed E-state index contributed by atoms with van der Waals surface area (Å²) in [5.74, 6) is 1.33. The van der Waals surface area contributed by atoms with E-state index in [0.29, 0.717) is 30.4 Å². The van der Waals surface area contributed by atoms with Gasteiger partial charge in [0, 0.05) is 24.8 Å². The number of ether oxygens (including phenoxy) is 2. The maximum absolute atomic E-state index is 12.4. The molecule has 0 saturated carbocycles. The van der Waals surface area contributed by atoms with E-state index in [0.717, 1.165) is 25.9 Å². The van der Waals surface area contributed by atoms with Crippen LogP contribution in [0.25, 0.3) is 0 Å². The van der Waals surface area contributed by atoms with Gasteiger partial charge in [0.15, 0.2) is 11.5 Å². The Balaban J connectivity index is 1.61. The van der Waals surface area contributed by atoms with Gasteiger partial charge in [-0.25, -0.2) is 0 Å². The standard InChI is InChI=1S/C16H22N2O4/c1-11(18-6-4-13(19)5-7-18)16(20)17-12-2-3-14-15(10-12)22-9-8-21-14/h2-3,10-11,13,19H,4-9H2,1H3,(H,17,20). The Morgan fingerprint density at radius 2 is 1.95 bits per heavy atom. The average molecular weight is 306 g/mol. The first-order valence-corrected chi connectivity index (χ1v) is 7.76. The number of aliphatic hydroxyl groups excluding tert-OH is 1. The van der Waals surface area contributed by atoms with Gasteiger partial charge in [-0.05, 0) is 31.9 Å². The van der Waals surface area contributed by atoms with Gasteiger partial charge in [-0.1, -0.05) is 0 Å². The molecule has 1 aromatic carbocycles. The van der Waals surface area contributed by atoms with Gasteiger partial charge >= 0.3 is 0 Å². The van der Waals surface area contributed by atoms with E-state index in [2.05, 4.69) is 10.2 Å². The van der Waals surface area contributed by atoms with Crippen LogP contribution in [0.15, 0.2) is 18.2 Å². The molecule has 1 amide bonds. The van der Waals surface area contributed by atoms with Crippen molar-refractivity contribution in [3.05, 3.63) is 18.2 Å². The fourth-order valence-corrected chi connectivity index (χ4v) is 2.81. The minimum Gasteiger partial charge on any atom is -0.486 e. The van der Waals surface area contributed by atoms with Crippen molar-refractivity contribution in [2.24, 2.45) is 0 Å². The molecule has 2 aliphatic rings. The molecule has 3 rings (SSSR count). The van der Waals surface area contributed by atoms with Crippen LogP contribution in [0.3, 0.4) is 0 Å². The second kappa shape index (κ2) is 6.54. The van der Waals surface area contributed by atoms with E-state index in [9.17, 15) is 9.90 Å². The zero-order valence-electron chi connectivity index (χ0n) is 12.7. The Hall–Kier alpha value is -1.79. The van der Waals surface area contributed by atoms with Crippen LogP contribution in [0.2, 0.25) is 0 Å². The van der Waals surface area contributed by atoms with Crippen LogP contribution in [0, 0.1) is 0 Å². The predicted molar refractivity (Wildman–Crippen MR) is 82.3 cm³/mol. The molecule has 1 fully saturated rings. The number of piperidine rings is 1. The second-order valence-corrected chi connectivity index (χ2v) is 5.79. The van der Waals surface area contributed by atoms with Gasteiger partial charge in [-0.15, -0.1) is 0 Å². The molecule has 0 bridgehead atoms. The Morgan fingerprint density at radius 3 is 2.68 bits per heavy atom. The molecule has 1 aromatic rings. The molecule has 0 aliphatic carbocycles. The summed E-state index contributed by atoms with van der Waals surface area (Å²) in [4.78, 5) is 14.5. The van der Waals surface area contributed by atoms with Crippen LogP contribution in [0.4, 0.5) is 5.69 Å². The zero-order valence-corrected chi connectivity index (χ0v) is 12.7. The summed E-state index contributed by atoms with van der Waals surface area (Å²) in [5, 5.41) is 12.5. The number of nitrogens with one attached hydrogen (secondary N) is 1. The van der Waals surface area contributed by atoms with Crippen LogP contribution in [-0.4, -0.2) is 54.4 Å². The molecule has 0 aromatic heterocycles. The van der Waals surface area contributed by atoms with Crippen molar-refractivity contribution in [3.63, 3.8) is 0 Å². The van der Waals surface area contributed by atoms with Gasteiger partial charge < -0.3 is 19.9 Å². The lowest BCUT2D eigenvalue weighted by atomic mass is 10.1. The van der Waals surface area contributed by atoms with Crippen molar-refractivity contribution in [2.45, 2.75) is 31.9 Å². The number of aliphatic hydroxyl groups is 1. The van der Waals surface area contributed by atoms with Crippen molar-refractivity contribution >= 4 is 11.6 Å². The number of carbonyl (C=O) groups excluding carboxylic acids is 1. The van der Waals surface area contributed by atoms with Crippen molar-refractivity contribution in [2.75, 3.05) is 31.6 Å². The van der Waals surface area contributed by atoms with Crippen molar-refractivity contribution in [1.29, 1.82) is 0 Å². The normalized spacial score (nSPS) is 20.5. The average Bonchev–Trinajstić information content (AvgIpc) is 2.55. The van der Waals surface area contributed by atoms with Gasteiger partial charge in [0.1, 0.15) is 13.2 Å². The highest BCUT2D eigenvalue weighted by atomic mass is 16.6. The van der Waals surface area contributed by atoms with Crippen LogP contribution < -0.4 is 14.8 Å². The van der Waals surface area contributed by atoms with Crippen LogP contribution in [-0.2, 0) is 4.79 Å². The van der Waals surface area contributed by atoms with Crippen molar-refractivity contribution in [3.8, 4) is 11.5 Å². The fraction of sp³-hybridized carbons (Fsp3) is 0.562. The lowest BCUT2D eigenvalue weighted by Gasteiger charge is -2.33. The minimum absolute atomic E-state index is 0.0481. The smallest absolute Gasteiger partial charge is 0.241 e. The van der Waals surface area contributed by atoms with Crippen LogP contribution >= 0.6 is 0 Å². The van der Waals surface area contributed by atoms with E-state index >= 15 is 0 Å². The SMILES string of the molecule is CC(C(=O)Nc1ccc2c(c1)OCCO2)N1CCC(O)CC1. The van der Waals surface area contributed by atoms with Crippen LogP contribution in [0.1, 0.15) is 19.8 Å². The fourth-order valence-electron chi connectivity index (χ4n) is 2.81. The summed E-state index contributed by atoms with van der Waals surface area (Å²) < 4.78 is 11.0. The first-order chi connectivity index (χ1) is 10.6. The number of hydrogen-bond donors (Lipinski definition) is 2. The number of carbonyl (C=O) groups is 1. The molecule has 1 saturated heterocycles. The van der Waals surface area contributed by atoms with E-state index in [1.807, 2.05) is 19.1 Å². The van der Waals surface area contributed by atoms with Gasteiger partial charge in [0.25, 0.3) is 0 Å². The summed E-state index contributed by atoms with van der Waals surface area (Å²) >= 11 is 0. The van der Waals surface area contributed by atoms with Crippen molar-refractivity contribution < 1.29 is 19.4 Å². The summed E-state index contributed by atoms with van der Waals surface area (Å²) in [5.41, 5.74) is 0.707. The molecule has 2 heterocycles. The predicted octanol–water partition coefficient (Wildman–Crippen LogP) is 1.24. The van der Waals surface area contributed by atoms with Crippen LogP contribution in [0.5, 0.6) is 11.5 Å². The molecule has 6 nitrogen and oxygen atoms in total. The third kappa shape index (κ3) is 3.34. The molecule has 1 atom stereocenters. The van der Waals surface area contributed by atoms with E-state index in [-0.39, 0.29) is 18.1 Å². The summed E-state index contributed by atoms with van der Waals surface area (Å²) in [7, 11) is 0. The van der Waals surface area contributed by atoms with E-state index < -0.39 is 0 Å². The Bertz CT molecular complexity index is 541. The highest BCUT2D eigenvalue weighted by Crippen LogP contribution is 2.32. The molecule has 0 radical (unpaired) electrons. The Kier molecular flexibility index (Phi) is 4.49. The molecular weight excluding hydrogens is 284 g/mol. The first-order valence-electron chi connectivity index (χ1n) is 7.76. The van der Waals surface area contributed by atoms with E-state index in [1.165, 1.54) is 0 Å². The third-order valence-corrected chi connectivity index (χ3v) is 4.24. The number of rotatable bonds is 3. The molecular formula is C16H22N2O4. The van der Waals surface area contributed by atoms with Gasteiger partial charge in [-0.3, -0.25) is 9.69 Å². The lowest BCUT2D eigenvalue weighted by Crippen LogP contribution is -2.47. The minimum atomic E-state index is -0.232. The van der Waals surface area contributed by atoms with E-state index in [4.69, 9.17) is 9.47 Å². The largest absolute Gasteiger partial charge is 0.486 e. The number of anilines is 1. The number of amides is 1. The Labute approximate surface area is 130 Å². The summed E-state index contributed by atoms with van der Waals surface area (Å²) in [6.07, 6.45) is 1.22. The molecule has 6 heteroatoms. The quantitative estimate of drug-likeness (QED) is 0.879. The maximum Gasteiger partial charge on any atom is 0.241 e. The number of hydrogen-bond acceptors (Lipinski definition) is 5. The molecule has 0 spiro atoms. The summed E-state index contributed by atoms with van der Waals surface area (Å²) in [6.45, 7) is 4.46. The highest BCUT2D eigenvalue weighted by molar-refractivity contribution is 5.94.